The lowest BCUT2D eigenvalue weighted by Gasteiger charge is -2.32. The molecule has 7 heteroatoms. The minimum Gasteiger partial charge on any atom is -0.390 e. The fourth-order valence-corrected chi connectivity index (χ4v) is 3.02. The Morgan fingerprint density at radius 2 is 1.96 bits per heavy atom. The van der Waals surface area contributed by atoms with Crippen molar-refractivity contribution in [2.45, 2.75) is 32.4 Å². The molecule has 0 bridgehead atoms. The zero-order chi connectivity index (χ0) is 16.9. The highest BCUT2D eigenvalue weighted by molar-refractivity contribution is 5.78. The summed E-state index contributed by atoms with van der Waals surface area (Å²) < 4.78 is 14.7. The predicted octanol–water partition coefficient (Wildman–Crippen LogP) is 1.39. The number of carbonyl (C=O) groups excluding carboxylic acids is 1. The quantitative estimate of drug-likeness (QED) is 0.898. The van der Waals surface area contributed by atoms with Crippen molar-refractivity contribution in [2.24, 2.45) is 5.92 Å². The summed E-state index contributed by atoms with van der Waals surface area (Å²) in [4.78, 5) is 14.2. The third kappa shape index (κ3) is 4.17. The number of piperidine rings is 1. The van der Waals surface area contributed by atoms with Crippen LogP contribution in [0, 0.1) is 11.7 Å². The van der Waals surface area contributed by atoms with E-state index < -0.39 is 0 Å². The van der Waals surface area contributed by atoms with Crippen LogP contribution in [0.5, 0.6) is 0 Å². The van der Waals surface area contributed by atoms with Crippen LogP contribution in [0.3, 0.4) is 0 Å². The van der Waals surface area contributed by atoms with Gasteiger partial charge >= 0.3 is 0 Å². The van der Waals surface area contributed by atoms with Crippen LogP contribution in [0.1, 0.15) is 24.1 Å². The van der Waals surface area contributed by atoms with Crippen molar-refractivity contribution in [1.82, 2.24) is 19.9 Å². The molecule has 0 atom stereocenters. The van der Waals surface area contributed by atoms with Gasteiger partial charge in [0, 0.05) is 19.6 Å². The summed E-state index contributed by atoms with van der Waals surface area (Å²) >= 11 is 0. The third-order valence-electron chi connectivity index (χ3n) is 4.43. The van der Waals surface area contributed by atoms with E-state index in [1.54, 1.807) is 23.0 Å². The SMILES string of the molecule is O=C(Cc1ccc(F)cc1)N1CCC(Cn2cc(CO)nn2)CC1. The molecule has 128 valence electrons. The summed E-state index contributed by atoms with van der Waals surface area (Å²) in [5.74, 6) is 0.251. The molecule has 3 rings (SSSR count). The van der Waals surface area contributed by atoms with Gasteiger partial charge in [0.2, 0.25) is 5.91 Å². The number of benzene rings is 1. The molecule has 1 aliphatic heterocycles. The molecule has 0 aliphatic carbocycles. The molecule has 1 saturated heterocycles. The highest BCUT2D eigenvalue weighted by Gasteiger charge is 2.23. The summed E-state index contributed by atoms with van der Waals surface area (Å²) in [7, 11) is 0. The molecule has 1 aromatic carbocycles. The van der Waals surface area contributed by atoms with Crippen LogP contribution >= 0.6 is 0 Å². The number of halogens is 1. The van der Waals surface area contributed by atoms with Crippen LogP contribution in [0.25, 0.3) is 0 Å². The Labute approximate surface area is 139 Å². The van der Waals surface area contributed by atoms with Crippen molar-refractivity contribution >= 4 is 5.91 Å². The third-order valence-corrected chi connectivity index (χ3v) is 4.43. The zero-order valence-corrected chi connectivity index (χ0v) is 13.4. The molecule has 1 aliphatic rings. The average molecular weight is 332 g/mol. The zero-order valence-electron chi connectivity index (χ0n) is 13.4. The Morgan fingerprint density at radius 1 is 1.25 bits per heavy atom. The maximum Gasteiger partial charge on any atom is 0.226 e. The van der Waals surface area contributed by atoms with Crippen LogP contribution in [0.15, 0.2) is 30.5 Å². The Morgan fingerprint density at radius 3 is 2.58 bits per heavy atom. The van der Waals surface area contributed by atoms with Crippen LogP contribution in [-0.4, -0.2) is 44.0 Å². The molecule has 6 nitrogen and oxygen atoms in total. The number of amides is 1. The van der Waals surface area contributed by atoms with E-state index in [0.717, 1.165) is 38.0 Å². The van der Waals surface area contributed by atoms with Crippen LogP contribution in [0.2, 0.25) is 0 Å². The van der Waals surface area contributed by atoms with Crippen LogP contribution in [0.4, 0.5) is 4.39 Å². The first-order chi connectivity index (χ1) is 11.6. The summed E-state index contributed by atoms with van der Waals surface area (Å²) in [5.41, 5.74) is 1.41. The molecule has 0 radical (unpaired) electrons. The first kappa shape index (κ1) is 16.6. The molecule has 24 heavy (non-hydrogen) atoms. The molecule has 1 N–H and O–H groups in total. The first-order valence-corrected chi connectivity index (χ1v) is 8.16. The highest BCUT2D eigenvalue weighted by Crippen LogP contribution is 2.20. The Bertz CT molecular complexity index is 678. The summed E-state index contributed by atoms with van der Waals surface area (Å²) in [6.07, 6.45) is 3.91. The smallest absolute Gasteiger partial charge is 0.226 e. The lowest BCUT2D eigenvalue weighted by Crippen LogP contribution is -2.40. The van der Waals surface area contributed by atoms with Gasteiger partial charge in [-0.2, -0.15) is 0 Å². The van der Waals surface area contributed by atoms with Gasteiger partial charge in [-0.3, -0.25) is 9.48 Å². The number of carbonyl (C=O) groups is 1. The maximum absolute atomic E-state index is 12.9. The number of hydrogen-bond acceptors (Lipinski definition) is 4. The van der Waals surface area contributed by atoms with E-state index in [2.05, 4.69) is 10.3 Å². The lowest BCUT2D eigenvalue weighted by atomic mass is 9.96. The molecule has 0 unspecified atom stereocenters. The van der Waals surface area contributed by atoms with Crippen LogP contribution in [-0.2, 0) is 24.4 Å². The molecule has 1 aromatic heterocycles. The lowest BCUT2D eigenvalue weighted by molar-refractivity contribution is -0.131. The predicted molar refractivity (Wildman–Crippen MR) is 85.4 cm³/mol. The first-order valence-electron chi connectivity index (χ1n) is 8.16. The van der Waals surface area contributed by atoms with E-state index in [1.807, 2.05) is 4.90 Å². The van der Waals surface area contributed by atoms with Crippen molar-refractivity contribution in [3.8, 4) is 0 Å². The maximum atomic E-state index is 12.9. The van der Waals surface area contributed by atoms with Crippen molar-refractivity contribution in [1.29, 1.82) is 0 Å². The second kappa shape index (κ2) is 7.53. The van der Waals surface area contributed by atoms with E-state index >= 15 is 0 Å². The summed E-state index contributed by atoms with van der Waals surface area (Å²) in [6, 6.07) is 6.08. The Hall–Kier alpha value is -2.28. The minimum absolute atomic E-state index is 0.0865. The molecule has 0 saturated carbocycles. The number of rotatable bonds is 5. The topological polar surface area (TPSA) is 71.2 Å². The number of nitrogens with zero attached hydrogens (tertiary/aromatic N) is 4. The van der Waals surface area contributed by atoms with E-state index in [9.17, 15) is 9.18 Å². The summed E-state index contributed by atoms with van der Waals surface area (Å²) in [5, 5.41) is 16.9. The van der Waals surface area contributed by atoms with Crippen molar-refractivity contribution in [2.75, 3.05) is 13.1 Å². The minimum atomic E-state index is -0.288. The summed E-state index contributed by atoms with van der Waals surface area (Å²) in [6.45, 7) is 2.11. The average Bonchev–Trinajstić information content (AvgIpc) is 3.05. The molecule has 1 amide bonds. The van der Waals surface area contributed by atoms with Crippen molar-refractivity contribution in [3.63, 3.8) is 0 Å². The van der Waals surface area contributed by atoms with E-state index in [4.69, 9.17) is 5.11 Å². The van der Waals surface area contributed by atoms with E-state index in [0.29, 0.717) is 18.0 Å². The monoisotopic (exact) mass is 332 g/mol. The highest BCUT2D eigenvalue weighted by atomic mass is 19.1. The second-order valence-electron chi connectivity index (χ2n) is 6.22. The molecular formula is C17H21FN4O2. The standard InChI is InChI=1S/C17H21FN4O2/c18-15-3-1-13(2-4-15)9-17(24)21-7-5-14(6-8-21)10-22-11-16(12-23)19-20-22/h1-4,11,14,23H,5-10,12H2. The number of aliphatic hydroxyl groups is 1. The molecule has 2 heterocycles. The van der Waals surface area contributed by atoms with E-state index in [-0.39, 0.29) is 18.3 Å². The number of likely N-dealkylation sites (tertiary alicyclic amines) is 1. The molecule has 2 aromatic rings. The van der Waals surface area contributed by atoms with E-state index in [1.165, 1.54) is 12.1 Å². The van der Waals surface area contributed by atoms with Gasteiger partial charge in [0.25, 0.3) is 0 Å². The van der Waals surface area contributed by atoms with Gasteiger partial charge in [0.05, 0.1) is 19.2 Å². The second-order valence-corrected chi connectivity index (χ2v) is 6.22. The van der Waals surface area contributed by atoms with Gasteiger partial charge in [0.15, 0.2) is 0 Å². The Balaban J connectivity index is 1.47. The van der Waals surface area contributed by atoms with Crippen molar-refractivity contribution in [3.05, 3.63) is 47.5 Å². The number of aromatic nitrogens is 3. The van der Waals surface area contributed by atoms with Crippen LogP contribution < -0.4 is 0 Å². The van der Waals surface area contributed by atoms with Gasteiger partial charge in [-0.25, -0.2) is 4.39 Å². The molecule has 1 fully saturated rings. The fraction of sp³-hybridized carbons (Fsp3) is 0.471. The Kier molecular flexibility index (Phi) is 5.20. The van der Waals surface area contributed by atoms with Gasteiger partial charge in [-0.05, 0) is 36.5 Å². The van der Waals surface area contributed by atoms with Gasteiger partial charge in [-0.1, -0.05) is 17.3 Å². The molecule has 0 spiro atoms. The number of hydrogen-bond donors (Lipinski definition) is 1. The number of aliphatic hydroxyl groups excluding tert-OH is 1. The molecular weight excluding hydrogens is 311 g/mol. The normalized spacial score (nSPS) is 15.7. The van der Waals surface area contributed by atoms with Gasteiger partial charge in [0.1, 0.15) is 11.5 Å². The van der Waals surface area contributed by atoms with Gasteiger partial charge < -0.3 is 10.0 Å². The van der Waals surface area contributed by atoms with Gasteiger partial charge in [-0.15, -0.1) is 5.10 Å². The largest absolute Gasteiger partial charge is 0.390 e. The fourth-order valence-electron chi connectivity index (χ4n) is 3.02. The van der Waals surface area contributed by atoms with Crippen molar-refractivity contribution < 1.29 is 14.3 Å².